The second kappa shape index (κ2) is 4.65. The van der Waals surface area contributed by atoms with Gasteiger partial charge in [-0.25, -0.2) is 0 Å². The molecule has 0 fully saturated rings. The first kappa shape index (κ1) is 11.8. The van der Waals surface area contributed by atoms with Crippen LogP contribution in [0.25, 0.3) is 0 Å². The third kappa shape index (κ3) is 2.90. The average molecular weight is 230 g/mol. The summed E-state index contributed by atoms with van der Waals surface area (Å²) in [6.45, 7) is 6.48. The van der Waals surface area contributed by atoms with Crippen LogP contribution in [0.1, 0.15) is 32.2 Å². The molecule has 0 bridgehead atoms. The highest BCUT2D eigenvalue weighted by atomic mass is 15.3. The van der Waals surface area contributed by atoms with Gasteiger partial charge in [0.15, 0.2) is 0 Å². The van der Waals surface area contributed by atoms with Crippen molar-refractivity contribution in [1.82, 2.24) is 19.7 Å². The molecule has 2 aromatic rings. The number of pyridine rings is 1. The molecule has 0 aliphatic rings. The zero-order chi connectivity index (χ0) is 12.3. The molecule has 4 heteroatoms. The van der Waals surface area contributed by atoms with E-state index in [9.17, 15) is 0 Å². The molecule has 2 rings (SSSR count). The molecular formula is C13H18N4. The van der Waals surface area contributed by atoms with Crippen LogP contribution in [0.2, 0.25) is 0 Å². The van der Waals surface area contributed by atoms with Crippen molar-refractivity contribution in [2.24, 2.45) is 0 Å². The van der Waals surface area contributed by atoms with Crippen molar-refractivity contribution in [3.05, 3.63) is 42.2 Å². The van der Waals surface area contributed by atoms with Crippen molar-refractivity contribution in [3.8, 4) is 0 Å². The van der Waals surface area contributed by atoms with Crippen LogP contribution in [0.5, 0.6) is 0 Å². The van der Waals surface area contributed by atoms with Gasteiger partial charge in [0, 0.05) is 24.4 Å². The van der Waals surface area contributed by atoms with E-state index in [-0.39, 0.29) is 5.54 Å². The van der Waals surface area contributed by atoms with Gasteiger partial charge in [0.05, 0.1) is 0 Å². The van der Waals surface area contributed by atoms with Gasteiger partial charge in [0.25, 0.3) is 0 Å². The largest absolute Gasteiger partial charge is 0.312 e. The maximum Gasteiger partial charge on any atom is 0.133 e. The Morgan fingerprint density at radius 1 is 1.12 bits per heavy atom. The molecule has 17 heavy (non-hydrogen) atoms. The van der Waals surface area contributed by atoms with Crippen molar-refractivity contribution in [1.29, 1.82) is 0 Å². The minimum absolute atomic E-state index is 0.0388. The molecule has 0 spiro atoms. The van der Waals surface area contributed by atoms with Crippen molar-refractivity contribution in [2.75, 3.05) is 0 Å². The lowest BCUT2D eigenvalue weighted by atomic mass is 10.1. The van der Waals surface area contributed by atoms with Crippen molar-refractivity contribution >= 4 is 0 Å². The van der Waals surface area contributed by atoms with Crippen LogP contribution < -0.4 is 0 Å². The molecule has 4 nitrogen and oxygen atoms in total. The molecule has 2 heterocycles. The van der Waals surface area contributed by atoms with Gasteiger partial charge in [0.1, 0.15) is 12.2 Å². The first-order chi connectivity index (χ1) is 8.07. The summed E-state index contributed by atoms with van der Waals surface area (Å²) in [5, 5.41) is 8.20. The van der Waals surface area contributed by atoms with E-state index in [4.69, 9.17) is 0 Å². The highest BCUT2D eigenvalue weighted by molar-refractivity contribution is 5.11. The summed E-state index contributed by atoms with van der Waals surface area (Å²) in [5.41, 5.74) is 1.32. The Morgan fingerprint density at radius 3 is 2.47 bits per heavy atom. The lowest BCUT2D eigenvalue weighted by molar-refractivity contribution is 0.381. The second-order valence-electron chi connectivity index (χ2n) is 5.14. The topological polar surface area (TPSA) is 43.6 Å². The van der Waals surface area contributed by atoms with Crippen molar-refractivity contribution in [3.63, 3.8) is 0 Å². The van der Waals surface area contributed by atoms with Gasteiger partial charge in [-0.15, -0.1) is 10.2 Å². The summed E-state index contributed by atoms with van der Waals surface area (Å²) in [5.74, 6) is 1.04. The molecule has 0 saturated carbocycles. The number of hydrogen-bond donors (Lipinski definition) is 0. The molecule has 0 radical (unpaired) electrons. The van der Waals surface area contributed by atoms with Crippen LogP contribution in [0.15, 0.2) is 30.9 Å². The summed E-state index contributed by atoms with van der Waals surface area (Å²) >= 11 is 0. The van der Waals surface area contributed by atoms with E-state index in [0.717, 1.165) is 18.7 Å². The van der Waals surface area contributed by atoms with E-state index < -0.39 is 0 Å². The van der Waals surface area contributed by atoms with Crippen LogP contribution in [0.4, 0.5) is 0 Å². The summed E-state index contributed by atoms with van der Waals surface area (Å²) in [6.07, 6.45) is 7.33. The molecule has 0 saturated heterocycles. The average Bonchev–Trinajstić information content (AvgIpc) is 2.75. The van der Waals surface area contributed by atoms with Crippen LogP contribution in [0.3, 0.4) is 0 Å². The Kier molecular flexibility index (Phi) is 3.22. The molecule has 0 aliphatic carbocycles. The molecule has 0 atom stereocenters. The van der Waals surface area contributed by atoms with Gasteiger partial charge in [-0.1, -0.05) is 0 Å². The van der Waals surface area contributed by atoms with Gasteiger partial charge < -0.3 is 4.57 Å². The molecule has 0 unspecified atom stereocenters. The zero-order valence-electron chi connectivity index (χ0n) is 10.6. The molecular weight excluding hydrogens is 212 g/mol. The summed E-state index contributed by atoms with van der Waals surface area (Å²) < 4.78 is 2.13. The summed E-state index contributed by atoms with van der Waals surface area (Å²) in [4.78, 5) is 4.01. The predicted molar refractivity (Wildman–Crippen MR) is 66.7 cm³/mol. The summed E-state index contributed by atoms with van der Waals surface area (Å²) in [6, 6.07) is 4.08. The van der Waals surface area contributed by atoms with Crippen LogP contribution >= 0.6 is 0 Å². The fraction of sp³-hybridized carbons (Fsp3) is 0.462. The van der Waals surface area contributed by atoms with E-state index in [1.807, 2.05) is 30.9 Å². The predicted octanol–water partition coefficient (Wildman–Crippen LogP) is 2.21. The SMILES string of the molecule is CC(C)(C)n1cnnc1CCc1ccncc1. The third-order valence-electron chi connectivity index (χ3n) is 2.73. The van der Waals surface area contributed by atoms with Crippen molar-refractivity contribution in [2.45, 2.75) is 39.2 Å². The Bertz CT molecular complexity index is 468. The highest BCUT2D eigenvalue weighted by Gasteiger charge is 2.17. The number of hydrogen-bond acceptors (Lipinski definition) is 3. The monoisotopic (exact) mass is 230 g/mol. The van der Waals surface area contributed by atoms with Crippen molar-refractivity contribution < 1.29 is 0 Å². The van der Waals surface area contributed by atoms with Gasteiger partial charge in [0.2, 0.25) is 0 Å². The Labute approximate surface area is 102 Å². The van der Waals surface area contributed by atoms with E-state index in [0.29, 0.717) is 0 Å². The lowest BCUT2D eigenvalue weighted by Crippen LogP contribution is -2.23. The third-order valence-corrected chi connectivity index (χ3v) is 2.73. The molecule has 2 aromatic heterocycles. The molecule has 0 aromatic carbocycles. The fourth-order valence-electron chi connectivity index (χ4n) is 1.80. The minimum Gasteiger partial charge on any atom is -0.312 e. The van der Waals surface area contributed by atoms with Crippen LogP contribution in [-0.2, 0) is 18.4 Å². The van der Waals surface area contributed by atoms with Crippen LogP contribution in [-0.4, -0.2) is 19.7 Å². The smallest absolute Gasteiger partial charge is 0.133 e. The molecule has 0 amide bonds. The quantitative estimate of drug-likeness (QED) is 0.812. The first-order valence-electron chi connectivity index (χ1n) is 5.85. The number of nitrogens with zero attached hydrogens (tertiary/aromatic N) is 4. The number of aromatic nitrogens is 4. The maximum absolute atomic E-state index is 4.20. The first-order valence-corrected chi connectivity index (χ1v) is 5.85. The molecule has 90 valence electrons. The second-order valence-corrected chi connectivity index (χ2v) is 5.14. The normalized spacial score (nSPS) is 11.7. The highest BCUT2D eigenvalue weighted by Crippen LogP contribution is 2.16. The van der Waals surface area contributed by atoms with Gasteiger partial charge >= 0.3 is 0 Å². The van der Waals surface area contributed by atoms with E-state index in [1.165, 1.54) is 5.56 Å². The van der Waals surface area contributed by atoms with Gasteiger partial charge in [-0.3, -0.25) is 4.98 Å². The molecule has 0 aliphatic heterocycles. The Morgan fingerprint density at radius 2 is 1.82 bits per heavy atom. The minimum atomic E-state index is 0.0388. The van der Waals surface area contributed by atoms with Gasteiger partial charge in [-0.2, -0.15) is 0 Å². The van der Waals surface area contributed by atoms with Gasteiger partial charge in [-0.05, 0) is 44.9 Å². The van der Waals surface area contributed by atoms with E-state index in [1.54, 1.807) is 0 Å². The lowest BCUT2D eigenvalue weighted by Gasteiger charge is -2.22. The maximum atomic E-state index is 4.20. The Balaban J connectivity index is 2.08. The number of aryl methyl sites for hydroxylation is 2. The van der Waals surface area contributed by atoms with E-state index in [2.05, 4.69) is 40.5 Å². The zero-order valence-corrected chi connectivity index (χ0v) is 10.6. The number of rotatable bonds is 3. The van der Waals surface area contributed by atoms with E-state index >= 15 is 0 Å². The molecule has 0 N–H and O–H groups in total. The standard InChI is InChI=1S/C13H18N4/c1-13(2,3)17-10-15-16-12(17)5-4-11-6-8-14-9-7-11/h6-10H,4-5H2,1-3H3. The summed E-state index contributed by atoms with van der Waals surface area (Å²) in [7, 11) is 0. The Hall–Kier alpha value is -1.71. The van der Waals surface area contributed by atoms with Crippen LogP contribution in [0, 0.1) is 0 Å². The fourth-order valence-corrected chi connectivity index (χ4v) is 1.80.